The van der Waals surface area contributed by atoms with Crippen LogP contribution in [-0.4, -0.2) is 36.7 Å². The molecular formula is C22H20ClN3O3S3. The highest BCUT2D eigenvalue weighted by atomic mass is 35.5. The van der Waals surface area contributed by atoms with Crippen molar-refractivity contribution >= 4 is 55.8 Å². The Morgan fingerprint density at radius 1 is 1.09 bits per heavy atom. The predicted molar refractivity (Wildman–Crippen MR) is 129 cm³/mol. The first-order valence-corrected chi connectivity index (χ1v) is 13.8. The van der Waals surface area contributed by atoms with Gasteiger partial charge in [0.25, 0.3) is 0 Å². The van der Waals surface area contributed by atoms with Crippen LogP contribution in [0.3, 0.4) is 0 Å². The van der Waals surface area contributed by atoms with E-state index in [4.69, 9.17) is 11.6 Å². The summed E-state index contributed by atoms with van der Waals surface area (Å²) in [5.74, 6) is 0.510. The molecule has 0 aliphatic carbocycles. The molecule has 2 aliphatic heterocycles. The van der Waals surface area contributed by atoms with Gasteiger partial charge in [0.15, 0.2) is 5.13 Å². The van der Waals surface area contributed by atoms with Gasteiger partial charge in [-0.05, 0) is 43.2 Å². The number of thioether (sulfide) groups is 1. The van der Waals surface area contributed by atoms with Crippen LogP contribution in [0.2, 0.25) is 5.02 Å². The fourth-order valence-corrected chi connectivity index (χ4v) is 7.67. The number of amides is 1. The van der Waals surface area contributed by atoms with Gasteiger partial charge in [-0.3, -0.25) is 4.79 Å². The zero-order valence-corrected chi connectivity index (χ0v) is 20.2. The molecule has 2 aliphatic rings. The number of anilines is 1. The average Bonchev–Trinajstić information content (AvgIpc) is 3.22. The Bertz CT molecular complexity index is 1270. The quantitative estimate of drug-likeness (QED) is 0.533. The van der Waals surface area contributed by atoms with E-state index < -0.39 is 10.0 Å². The van der Waals surface area contributed by atoms with Crippen molar-refractivity contribution in [3.05, 3.63) is 58.4 Å². The highest BCUT2D eigenvalue weighted by Gasteiger charge is 2.32. The van der Waals surface area contributed by atoms with Crippen molar-refractivity contribution in [2.45, 2.75) is 28.4 Å². The van der Waals surface area contributed by atoms with Crippen molar-refractivity contribution in [3.8, 4) is 11.3 Å². The smallest absolute Gasteiger partial charge is 0.243 e. The fraction of sp³-hybridized carbons (Fsp3) is 0.273. The summed E-state index contributed by atoms with van der Waals surface area (Å²) in [6, 6.07) is 14.3. The standard InChI is InChI=1S/C22H20ClN3O3S3/c23-15-5-7-16(8-6-15)32(28,29)26-11-9-14(10-12-26)21(27)25-22-24-20-17-3-1-2-4-18(17)30-13-19(20)31-22/h1-8,14H,9-13H2,(H,24,25,27). The van der Waals surface area contributed by atoms with E-state index >= 15 is 0 Å². The average molecular weight is 506 g/mol. The van der Waals surface area contributed by atoms with E-state index in [0.717, 1.165) is 21.9 Å². The van der Waals surface area contributed by atoms with E-state index in [-0.39, 0.29) is 16.7 Å². The fourth-order valence-electron chi connectivity index (χ4n) is 3.97. The van der Waals surface area contributed by atoms with E-state index in [0.29, 0.717) is 36.1 Å². The normalized spacial score (nSPS) is 16.9. The van der Waals surface area contributed by atoms with Crippen LogP contribution < -0.4 is 5.32 Å². The third-order valence-electron chi connectivity index (χ3n) is 5.70. The Labute approximate surface area is 200 Å². The molecule has 1 N–H and O–H groups in total. The van der Waals surface area contributed by atoms with Crippen molar-refractivity contribution in [3.63, 3.8) is 0 Å². The molecule has 2 aromatic carbocycles. The molecule has 5 rings (SSSR count). The van der Waals surface area contributed by atoms with E-state index in [1.807, 2.05) is 12.1 Å². The summed E-state index contributed by atoms with van der Waals surface area (Å²) in [7, 11) is -3.59. The number of piperidine rings is 1. The summed E-state index contributed by atoms with van der Waals surface area (Å²) in [6.45, 7) is 0.614. The van der Waals surface area contributed by atoms with Gasteiger partial charge in [0, 0.05) is 45.1 Å². The summed E-state index contributed by atoms with van der Waals surface area (Å²) in [5, 5.41) is 4.06. The molecule has 32 heavy (non-hydrogen) atoms. The molecule has 0 bridgehead atoms. The summed E-state index contributed by atoms with van der Waals surface area (Å²) >= 11 is 9.16. The Balaban J connectivity index is 1.23. The van der Waals surface area contributed by atoms with Crippen LogP contribution in [0, 0.1) is 5.92 Å². The molecule has 0 unspecified atom stereocenters. The number of hydrogen-bond donors (Lipinski definition) is 1. The molecule has 0 spiro atoms. The Hall–Kier alpha value is -1.91. The number of rotatable bonds is 4. The zero-order valence-electron chi connectivity index (χ0n) is 17.0. The minimum atomic E-state index is -3.59. The van der Waals surface area contributed by atoms with Crippen molar-refractivity contribution < 1.29 is 13.2 Å². The summed E-state index contributed by atoms with van der Waals surface area (Å²) in [5.41, 5.74) is 2.06. The van der Waals surface area contributed by atoms with Gasteiger partial charge in [0.05, 0.1) is 10.6 Å². The van der Waals surface area contributed by atoms with E-state index in [1.54, 1.807) is 23.9 Å². The Morgan fingerprint density at radius 3 is 2.56 bits per heavy atom. The lowest BCUT2D eigenvalue weighted by Crippen LogP contribution is -2.41. The van der Waals surface area contributed by atoms with Crippen LogP contribution in [-0.2, 0) is 20.6 Å². The first-order chi connectivity index (χ1) is 15.4. The number of halogens is 1. The van der Waals surface area contributed by atoms with Gasteiger partial charge in [-0.2, -0.15) is 4.31 Å². The van der Waals surface area contributed by atoms with Crippen LogP contribution in [0.4, 0.5) is 5.13 Å². The number of fused-ring (bicyclic) bond motifs is 3. The lowest BCUT2D eigenvalue weighted by atomic mass is 9.97. The molecule has 10 heteroatoms. The number of carbonyl (C=O) groups excluding carboxylic acids is 1. The van der Waals surface area contributed by atoms with Gasteiger partial charge < -0.3 is 5.32 Å². The molecule has 0 atom stereocenters. The molecule has 1 fully saturated rings. The van der Waals surface area contributed by atoms with Crippen molar-refractivity contribution in [1.82, 2.24) is 9.29 Å². The highest BCUT2D eigenvalue weighted by molar-refractivity contribution is 7.98. The number of nitrogens with zero attached hydrogens (tertiary/aromatic N) is 2. The van der Waals surface area contributed by atoms with Gasteiger partial charge >= 0.3 is 0 Å². The molecule has 1 saturated heterocycles. The van der Waals surface area contributed by atoms with E-state index in [2.05, 4.69) is 22.4 Å². The van der Waals surface area contributed by atoms with Gasteiger partial charge in [0.1, 0.15) is 0 Å². The van der Waals surface area contributed by atoms with Gasteiger partial charge in [-0.15, -0.1) is 23.1 Å². The summed E-state index contributed by atoms with van der Waals surface area (Å²) < 4.78 is 27.1. The maximum absolute atomic E-state index is 12.9. The molecule has 1 amide bonds. The molecule has 0 saturated carbocycles. The van der Waals surface area contributed by atoms with Crippen molar-refractivity contribution in [2.75, 3.05) is 18.4 Å². The largest absolute Gasteiger partial charge is 0.302 e. The van der Waals surface area contributed by atoms with E-state index in [1.165, 1.54) is 32.7 Å². The van der Waals surface area contributed by atoms with Crippen LogP contribution in [0.1, 0.15) is 17.7 Å². The summed E-state index contributed by atoms with van der Waals surface area (Å²) in [4.78, 5) is 20.1. The predicted octanol–water partition coefficient (Wildman–Crippen LogP) is 5.11. The molecule has 3 aromatic rings. The van der Waals surface area contributed by atoms with Crippen molar-refractivity contribution in [2.24, 2.45) is 5.92 Å². The maximum Gasteiger partial charge on any atom is 0.243 e. The number of sulfonamides is 1. The minimum absolute atomic E-state index is 0.0967. The molecule has 0 radical (unpaired) electrons. The molecule has 6 nitrogen and oxygen atoms in total. The second-order valence-corrected chi connectivity index (χ2v) is 12.2. The van der Waals surface area contributed by atoms with Gasteiger partial charge in [0.2, 0.25) is 15.9 Å². The third kappa shape index (κ3) is 4.20. The summed E-state index contributed by atoms with van der Waals surface area (Å²) in [6.07, 6.45) is 0.949. The first-order valence-electron chi connectivity index (χ1n) is 10.2. The number of hydrogen-bond acceptors (Lipinski definition) is 6. The minimum Gasteiger partial charge on any atom is -0.302 e. The maximum atomic E-state index is 12.9. The number of thiazole rings is 1. The monoisotopic (exact) mass is 505 g/mol. The van der Waals surface area contributed by atoms with Crippen LogP contribution in [0.15, 0.2) is 58.3 Å². The second-order valence-electron chi connectivity index (χ2n) is 7.70. The van der Waals surface area contributed by atoms with E-state index in [9.17, 15) is 13.2 Å². The van der Waals surface area contributed by atoms with Crippen LogP contribution in [0.5, 0.6) is 0 Å². The number of aromatic nitrogens is 1. The molecule has 166 valence electrons. The molecule has 1 aromatic heterocycles. The second kappa shape index (κ2) is 8.79. The SMILES string of the molecule is O=C(Nc1nc2c(s1)CSc1ccccc1-2)C1CCN(S(=O)(=O)c2ccc(Cl)cc2)CC1. The lowest BCUT2D eigenvalue weighted by molar-refractivity contribution is -0.120. The first kappa shape index (κ1) is 21.9. The number of nitrogens with one attached hydrogen (secondary N) is 1. The lowest BCUT2D eigenvalue weighted by Gasteiger charge is -2.30. The Kier molecular flexibility index (Phi) is 6.02. The highest BCUT2D eigenvalue weighted by Crippen LogP contribution is 2.44. The zero-order chi connectivity index (χ0) is 22.3. The van der Waals surface area contributed by atoms with Gasteiger partial charge in [-0.25, -0.2) is 13.4 Å². The van der Waals surface area contributed by atoms with Crippen molar-refractivity contribution in [1.29, 1.82) is 0 Å². The van der Waals surface area contributed by atoms with Crippen LogP contribution in [0.25, 0.3) is 11.3 Å². The Morgan fingerprint density at radius 2 is 1.81 bits per heavy atom. The third-order valence-corrected chi connectivity index (χ3v) is 10.1. The molecule has 3 heterocycles. The number of benzene rings is 2. The molecular weight excluding hydrogens is 486 g/mol. The topological polar surface area (TPSA) is 79.4 Å². The van der Waals surface area contributed by atoms with Gasteiger partial charge in [-0.1, -0.05) is 29.8 Å². The number of carbonyl (C=O) groups is 1. The van der Waals surface area contributed by atoms with Crippen LogP contribution >= 0.6 is 34.7 Å².